The first kappa shape index (κ1) is 25.1. The fourth-order valence-electron chi connectivity index (χ4n) is 4.69. The van der Waals surface area contributed by atoms with Gasteiger partial charge in [-0.05, 0) is 48.9 Å². The van der Waals surface area contributed by atoms with Gasteiger partial charge in [-0.1, -0.05) is 76.8 Å². The number of hydrogen-bond donors (Lipinski definition) is 0. The van der Waals surface area contributed by atoms with Gasteiger partial charge in [0, 0.05) is 6.42 Å². The average Bonchev–Trinajstić information content (AvgIpc) is 2.79. The highest BCUT2D eigenvalue weighted by Gasteiger charge is 2.41. The van der Waals surface area contributed by atoms with E-state index in [4.69, 9.17) is 14.2 Å². The van der Waals surface area contributed by atoms with E-state index >= 15 is 0 Å². The third-order valence-corrected chi connectivity index (χ3v) is 6.69. The van der Waals surface area contributed by atoms with Crippen LogP contribution in [0.4, 0.5) is 0 Å². The van der Waals surface area contributed by atoms with Crippen LogP contribution in [0.15, 0.2) is 42.5 Å². The van der Waals surface area contributed by atoms with E-state index < -0.39 is 11.5 Å². The van der Waals surface area contributed by atoms with Crippen molar-refractivity contribution in [2.75, 3.05) is 7.11 Å². The number of ether oxygens (including phenoxy) is 3. The van der Waals surface area contributed by atoms with Crippen molar-refractivity contribution in [3.8, 4) is 11.5 Å². The van der Waals surface area contributed by atoms with Gasteiger partial charge < -0.3 is 14.2 Å². The highest BCUT2D eigenvalue weighted by atomic mass is 16.5. The third-order valence-electron chi connectivity index (χ3n) is 6.69. The van der Waals surface area contributed by atoms with Crippen LogP contribution in [0.2, 0.25) is 0 Å². The summed E-state index contributed by atoms with van der Waals surface area (Å²) in [6, 6.07) is 14.4. The van der Waals surface area contributed by atoms with Crippen molar-refractivity contribution in [1.82, 2.24) is 0 Å². The second-order valence-corrected chi connectivity index (χ2v) is 10.5. The van der Waals surface area contributed by atoms with Crippen LogP contribution in [0.3, 0.4) is 0 Å². The molecule has 1 aliphatic heterocycles. The molecule has 0 aromatic heterocycles. The van der Waals surface area contributed by atoms with Crippen molar-refractivity contribution in [1.29, 1.82) is 0 Å². The minimum absolute atomic E-state index is 0.0284. The van der Waals surface area contributed by atoms with E-state index in [0.717, 1.165) is 29.0 Å². The zero-order valence-electron chi connectivity index (χ0n) is 21.2. The molecule has 2 aromatic carbocycles. The second-order valence-electron chi connectivity index (χ2n) is 10.5. The molecule has 1 heterocycles. The first-order valence-electron chi connectivity index (χ1n) is 12.3. The molecule has 0 saturated carbocycles. The van der Waals surface area contributed by atoms with Crippen LogP contribution in [0.1, 0.15) is 95.8 Å². The predicted molar refractivity (Wildman–Crippen MR) is 133 cm³/mol. The average molecular weight is 453 g/mol. The maximum atomic E-state index is 12.8. The summed E-state index contributed by atoms with van der Waals surface area (Å²) in [6.07, 6.45) is 6.58. The van der Waals surface area contributed by atoms with Crippen LogP contribution >= 0.6 is 0 Å². The van der Waals surface area contributed by atoms with Crippen molar-refractivity contribution < 1.29 is 19.0 Å². The van der Waals surface area contributed by atoms with Gasteiger partial charge in [-0.3, -0.25) is 4.79 Å². The summed E-state index contributed by atoms with van der Waals surface area (Å²) in [7, 11) is 1.45. The SMILES string of the molecule is CCCCCCC(C)(C)c1cc(OCc2ccccc2)c2c(c1)OC(C)(C)CC2C(=O)OC. The lowest BCUT2D eigenvalue weighted by Gasteiger charge is -2.38. The Morgan fingerprint density at radius 2 is 1.85 bits per heavy atom. The Bertz CT molecular complexity index is 930. The standard InChI is InChI=1S/C29H40O4/c1-7-8-9-13-16-28(2,3)22-17-24(32-20-21-14-11-10-12-15-21)26-23(27(30)31-6)19-29(4,5)33-25(26)18-22/h10-12,14-15,17-18,23H,7-9,13,16,19-20H2,1-6H3. The molecule has 0 aliphatic carbocycles. The van der Waals surface area contributed by atoms with Gasteiger partial charge in [0.25, 0.3) is 0 Å². The Balaban J connectivity index is 2.02. The lowest BCUT2D eigenvalue weighted by Crippen LogP contribution is -2.38. The first-order valence-corrected chi connectivity index (χ1v) is 12.3. The van der Waals surface area contributed by atoms with E-state index in [1.54, 1.807) is 0 Å². The maximum Gasteiger partial charge on any atom is 0.313 e. The summed E-state index contributed by atoms with van der Waals surface area (Å²) in [5, 5.41) is 0. The van der Waals surface area contributed by atoms with Crippen molar-refractivity contribution in [2.45, 2.75) is 96.7 Å². The first-order chi connectivity index (χ1) is 15.7. The van der Waals surface area contributed by atoms with E-state index in [1.165, 1.54) is 38.4 Å². The number of methoxy groups -OCH3 is 1. The van der Waals surface area contributed by atoms with Gasteiger partial charge in [0.2, 0.25) is 0 Å². The van der Waals surface area contributed by atoms with Gasteiger partial charge in [0.1, 0.15) is 23.7 Å². The fraction of sp³-hybridized carbons (Fsp3) is 0.552. The van der Waals surface area contributed by atoms with Gasteiger partial charge in [-0.2, -0.15) is 0 Å². The van der Waals surface area contributed by atoms with E-state index in [2.05, 4.69) is 32.9 Å². The Morgan fingerprint density at radius 3 is 2.52 bits per heavy atom. The molecule has 0 N–H and O–H groups in total. The molecule has 1 atom stereocenters. The Kier molecular flexibility index (Phi) is 8.10. The molecule has 3 rings (SSSR count). The summed E-state index contributed by atoms with van der Waals surface area (Å²) in [5.74, 6) is 0.799. The fourth-order valence-corrected chi connectivity index (χ4v) is 4.69. The monoisotopic (exact) mass is 452 g/mol. The normalized spacial score (nSPS) is 17.1. The molecule has 180 valence electrons. The number of esters is 1. The van der Waals surface area contributed by atoms with Crippen LogP contribution in [0.25, 0.3) is 0 Å². The minimum atomic E-state index is -0.466. The van der Waals surface area contributed by atoms with Gasteiger partial charge in [-0.25, -0.2) is 0 Å². The van der Waals surface area contributed by atoms with Gasteiger partial charge in [0.05, 0.1) is 18.6 Å². The van der Waals surface area contributed by atoms with E-state index in [9.17, 15) is 4.79 Å². The van der Waals surface area contributed by atoms with E-state index in [-0.39, 0.29) is 11.4 Å². The van der Waals surface area contributed by atoms with Crippen LogP contribution in [0, 0.1) is 0 Å². The van der Waals surface area contributed by atoms with Crippen molar-refractivity contribution in [2.24, 2.45) is 0 Å². The molecule has 4 heteroatoms. The van der Waals surface area contributed by atoms with Crippen molar-refractivity contribution in [3.05, 3.63) is 59.2 Å². The summed E-state index contributed by atoms with van der Waals surface area (Å²) in [6.45, 7) is 11.3. The number of unbranched alkanes of at least 4 members (excludes halogenated alkanes) is 3. The molecule has 0 spiro atoms. The highest BCUT2D eigenvalue weighted by Crippen LogP contribution is 2.48. The van der Waals surface area contributed by atoms with Crippen LogP contribution in [-0.4, -0.2) is 18.7 Å². The van der Waals surface area contributed by atoms with Crippen LogP contribution < -0.4 is 9.47 Å². The number of carbonyl (C=O) groups excluding carboxylic acids is 1. The molecular weight excluding hydrogens is 412 g/mol. The number of rotatable bonds is 10. The predicted octanol–water partition coefficient (Wildman–Crippen LogP) is 7.33. The van der Waals surface area contributed by atoms with Gasteiger partial charge in [0.15, 0.2) is 0 Å². The number of hydrogen-bond acceptors (Lipinski definition) is 4. The molecule has 0 amide bonds. The van der Waals surface area contributed by atoms with Crippen LogP contribution in [-0.2, 0) is 21.6 Å². The maximum absolute atomic E-state index is 12.8. The topological polar surface area (TPSA) is 44.8 Å². The lowest BCUT2D eigenvalue weighted by molar-refractivity contribution is -0.144. The largest absolute Gasteiger partial charge is 0.488 e. The summed E-state index contributed by atoms with van der Waals surface area (Å²) < 4.78 is 18.0. The zero-order chi connectivity index (χ0) is 24.1. The Hall–Kier alpha value is -2.49. The molecule has 2 aromatic rings. The number of carbonyl (C=O) groups is 1. The Morgan fingerprint density at radius 1 is 1.12 bits per heavy atom. The molecule has 1 unspecified atom stereocenters. The highest BCUT2D eigenvalue weighted by molar-refractivity contribution is 5.81. The Labute approximate surface area is 199 Å². The number of fused-ring (bicyclic) bond motifs is 1. The molecule has 33 heavy (non-hydrogen) atoms. The zero-order valence-corrected chi connectivity index (χ0v) is 21.2. The molecule has 0 bridgehead atoms. The molecule has 0 radical (unpaired) electrons. The quantitative estimate of drug-likeness (QED) is 0.280. The summed E-state index contributed by atoms with van der Waals surface area (Å²) in [5.41, 5.74) is 2.58. The second kappa shape index (κ2) is 10.6. The van der Waals surface area contributed by atoms with Crippen molar-refractivity contribution >= 4 is 5.97 Å². The van der Waals surface area contributed by atoms with Gasteiger partial charge >= 0.3 is 5.97 Å². The molecule has 1 aliphatic rings. The van der Waals surface area contributed by atoms with Crippen molar-refractivity contribution in [3.63, 3.8) is 0 Å². The van der Waals surface area contributed by atoms with E-state index in [1.807, 2.05) is 44.2 Å². The van der Waals surface area contributed by atoms with Gasteiger partial charge in [-0.15, -0.1) is 0 Å². The van der Waals surface area contributed by atoms with E-state index in [0.29, 0.717) is 13.0 Å². The molecular formula is C29H40O4. The molecule has 0 saturated heterocycles. The lowest BCUT2D eigenvalue weighted by atomic mass is 9.77. The number of benzene rings is 2. The van der Waals surface area contributed by atoms with Crippen LogP contribution in [0.5, 0.6) is 11.5 Å². The molecule has 0 fully saturated rings. The summed E-state index contributed by atoms with van der Waals surface area (Å²) in [4.78, 5) is 12.8. The molecule has 4 nitrogen and oxygen atoms in total. The third kappa shape index (κ3) is 6.31. The minimum Gasteiger partial charge on any atom is -0.488 e. The summed E-state index contributed by atoms with van der Waals surface area (Å²) >= 11 is 0. The smallest absolute Gasteiger partial charge is 0.313 e.